The molecule has 0 radical (unpaired) electrons. The Morgan fingerprint density at radius 3 is 2.35 bits per heavy atom. The smallest absolute Gasteiger partial charge is 0.232 e. The zero-order valence-electron chi connectivity index (χ0n) is 16.3. The fourth-order valence-corrected chi connectivity index (χ4v) is 4.84. The molecule has 6 heteroatoms. The van der Waals surface area contributed by atoms with E-state index in [9.17, 15) is 13.2 Å². The Bertz CT molecular complexity index is 690. The Balaban J connectivity index is 1.89. The zero-order chi connectivity index (χ0) is 19.2. The van der Waals surface area contributed by atoms with Crippen LogP contribution in [-0.2, 0) is 14.8 Å². The first-order valence-electron chi connectivity index (χ1n) is 9.59. The molecular formula is C20H32N2O3S. The average Bonchev–Trinajstić information content (AvgIpc) is 2.58. The van der Waals surface area contributed by atoms with Crippen LogP contribution in [0.15, 0.2) is 18.2 Å². The molecule has 2 rings (SSSR count). The predicted molar refractivity (Wildman–Crippen MR) is 107 cm³/mol. The van der Waals surface area contributed by atoms with Crippen LogP contribution in [0.25, 0.3) is 0 Å². The van der Waals surface area contributed by atoms with Crippen molar-refractivity contribution in [2.75, 3.05) is 23.7 Å². The summed E-state index contributed by atoms with van der Waals surface area (Å²) < 4.78 is 26.0. The van der Waals surface area contributed by atoms with Crippen molar-refractivity contribution >= 4 is 21.6 Å². The highest BCUT2D eigenvalue weighted by atomic mass is 32.2. The van der Waals surface area contributed by atoms with Crippen molar-refractivity contribution < 1.29 is 13.2 Å². The van der Waals surface area contributed by atoms with Crippen LogP contribution in [0.5, 0.6) is 0 Å². The standard InChI is InChI=1S/C20H32N2O3S/c1-16-9-7-10-17(2)20(16)22(26(3,24)25)14-8-13-19(23)21-15-18-11-5-4-6-12-18/h7,9-10,18H,4-6,8,11-15H2,1-3H3,(H,21,23). The van der Waals surface area contributed by atoms with Crippen molar-refractivity contribution in [1.82, 2.24) is 5.32 Å². The third kappa shape index (κ3) is 6.01. The Kier molecular flexibility index (Phi) is 7.50. The molecular weight excluding hydrogens is 348 g/mol. The molecule has 0 atom stereocenters. The van der Waals surface area contributed by atoms with E-state index in [1.807, 2.05) is 32.0 Å². The first-order valence-corrected chi connectivity index (χ1v) is 11.4. The molecule has 146 valence electrons. The van der Waals surface area contributed by atoms with E-state index in [1.54, 1.807) is 0 Å². The summed E-state index contributed by atoms with van der Waals surface area (Å²) in [5.41, 5.74) is 2.59. The summed E-state index contributed by atoms with van der Waals surface area (Å²) in [6, 6.07) is 5.75. The molecule has 1 saturated carbocycles. The summed E-state index contributed by atoms with van der Waals surface area (Å²) in [6.45, 7) is 4.90. The van der Waals surface area contributed by atoms with Gasteiger partial charge in [0.05, 0.1) is 11.9 Å². The van der Waals surface area contributed by atoms with Gasteiger partial charge in [0, 0.05) is 19.5 Å². The first-order chi connectivity index (χ1) is 12.3. The van der Waals surface area contributed by atoms with Crippen molar-refractivity contribution in [2.45, 2.75) is 58.8 Å². The summed E-state index contributed by atoms with van der Waals surface area (Å²) in [5.74, 6) is 0.625. The van der Waals surface area contributed by atoms with Gasteiger partial charge in [-0.05, 0) is 50.2 Å². The number of hydrogen-bond acceptors (Lipinski definition) is 3. The number of carbonyl (C=O) groups excluding carboxylic acids is 1. The van der Waals surface area contributed by atoms with E-state index in [2.05, 4.69) is 5.32 Å². The minimum Gasteiger partial charge on any atom is -0.356 e. The minimum atomic E-state index is -3.39. The number of nitrogens with one attached hydrogen (secondary N) is 1. The van der Waals surface area contributed by atoms with E-state index >= 15 is 0 Å². The normalized spacial score (nSPS) is 15.7. The second-order valence-electron chi connectivity index (χ2n) is 7.49. The summed E-state index contributed by atoms with van der Waals surface area (Å²) in [7, 11) is -3.39. The molecule has 1 fully saturated rings. The summed E-state index contributed by atoms with van der Waals surface area (Å²) in [6.07, 6.45) is 8.33. The maximum absolute atomic E-state index is 12.3. The molecule has 1 N–H and O–H groups in total. The number of anilines is 1. The molecule has 5 nitrogen and oxygen atoms in total. The maximum Gasteiger partial charge on any atom is 0.232 e. The highest BCUT2D eigenvalue weighted by Gasteiger charge is 2.21. The number of benzene rings is 1. The second-order valence-corrected chi connectivity index (χ2v) is 9.39. The molecule has 26 heavy (non-hydrogen) atoms. The van der Waals surface area contributed by atoms with Crippen molar-refractivity contribution in [3.05, 3.63) is 29.3 Å². The molecule has 1 aliphatic carbocycles. The van der Waals surface area contributed by atoms with E-state index in [1.165, 1.54) is 42.7 Å². The van der Waals surface area contributed by atoms with E-state index in [0.717, 1.165) is 23.4 Å². The molecule has 1 aromatic rings. The van der Waals surface area contributed by atoms with Gasteiger partial charge < -0.3 is 5.32 Å². The van der Waals surface area contributed by atoms with Gasteiger partial charge in [-0.15, -0.1) is 0 Å². The summed E-state index contributed by atoms with van der Waals surface area (Å²) >= 11 is 0. The van der Waals surface area contributed by atoms with Crippen molar-refractivity contribution in [3.63, 3.8) is 0 Å². The van der Waals surface area contributed by atoms with Crippen LogP contribution in [0.4, 0.5) is 5.69 Å². The van der Waals surface area contributed by atoms with Crippen molar-refractivity contribution in [3.8, 4) is 0 Å². The largest absolute Gasteiger partial charge is 0.356 e. The Labute approximate surface area is 158 Å². The van der Waals surface area contributed by atoms with Gasteiger partial charge >= 0.3 is 0 Å². The molecule has 1 aromatic carbocycles. The molecule has 0 unspecified atom stereocenters. The topological polar surface area (TPSA) is 66.5 Å². The monoisotopic (exact) mass is 380 g/mol. The predicted octanol–water partition coefficient (Wildman–Crippen LogP) is 3.55. The lowest BCUT2D eigenvalue weighted by Crippen LogP contribution is -2.34. The number of rotatable bonds is 8. The third-order valence-corrected chi connectivity index (χ3v) is 6.33. The van der Waals surface area contributed by atoms with Crippen LogP contribution in [-0.4, -0.2) is 33.7 Å². The lowest BCUT2D eigenvalue weighted by atomic mass is 9.89. The molecule has 0 aromatic heterocycles. The van der Waals surface area contributed by atoms with Gasteiger partial charge in [0.25, 0.3) is 0 Å². The highest BCUT2D eigenvalue weighted by Crippen LogP contribution is 2.27. The van der Waals surface area contributed by atoms with E-state index in [4.69, 9.17) is 0 Å². The van der Waals surface area contributed by atoms with E-state index in [-0.39, 0.29) is 5.91 Å². The van der Waals surface area contributed by atoms with Crippen LogP contribution in [0, 0.1) is 19.8 Å². The minimum absolute atomic E-state index is 0.0190. The number of para-hydroxylation sites is 1. The number of nitrogens with zero attached hydrogens (tertiary/aromatic N) is 1. The van der Waals surface area contributed by atoms with E-state index in [0.29, 0.717) is 25.3 Å². The lowest BCUT2D eigenvalue weighted by molar-refractivity contribution is -0.121. The van der Waals surface area contributed by atoms with Gasteiger partial charge in [0.15, 0.2) is 0 Å². The third-order valence-electron chi connectivity index (χ3n) is 5.17. The van der Waals surface area contributed by atoms with Crippen molar-refractivity contribution in [1.29, 1.82) is 0 Å². The highest BCUT2D eigenvalue weighted by molar-refractivity contribution is 7.92. The molecule has 0 bridgehead atoms. The quantitative estimate of drug-likeness (QED) is 0.750. The molecule has 1 amide bonds. The molecule has 0 heterocycles. The second kappa shape index (κ2) is 9.40. The van der Waals surface area contributed by atoms with Crippen LogP contribution >= 0.6 is 0 Å². The van der Waals surface area contributed by atoms with Crippen molar-refractivity contribution in [2.24, 2.45) is 5.92 Å². The van der Waals surface area contributed by atoms with Crippen LogP contribution in [0.2, 0.25) is 0 Å². The number of carbonyl (C=O) groups is 1. The van der Waals surface area contributed by atoms with Crippen LogP contribution in [0.3, 0.4) is 0 Å². The molecule has 0 spiro atoms. The summed E-state index contributed by atoms with van der Waals surface area (Å²) in [4.78, 5) is 12.1. The van der Waals surface area contributed by atoms with Gasteiger partial charge in [-0.25, -0.2) is 8.42 Å². The fraction of sp³-hybridized carbons (Fsp3) is 0.650. The van der Waals surface area contributed by atoms with Gasteiger partial charge in [0.2, 0.25) is 15.9 Å². The van der Waals surface area contributed by atoms with Crippen LogP contribution < -0.4 is 9.62 Å². The van der Waals surface area contributed by atoms with Gasteiger partial charge in [-0.3, -0.25) is 9.10 Å². The SMILES string of the molecule is Cc1cccc(C)c1N(CCCC(=O)NCC1CCCCC1)S(C)(=O)=O. The van der Waals surface area contributed by atoms with Gasteiger partial charge in [-0.1, -0.05) is 37.5 Å². The molecule has 0 aliphatic heterocycles. The Morgan fingerprint density at radius 2 is 1.77 bits per heavy atom. The number of aryl methyl sites for hydroxylation is 2. The number of amides is 1. The maximum atomic E-state index is 12.3. The first kappa shape index (κ1) is 20.7. The van der Waals surface area contributed by atoms with E-state index < -0.39 is 10.0 Å². The Hall–Kier alpha value is -1.56. The number of sulfonamides is 1. The lowest BCUT2D eigenvalue weighted by Gasteiger charge is -2.26. The fourth-order valence-electron chi connectivity index (χ4n) is 3.76. The Morgan fingerprint density at radius 1 is 1.15 bits per heavy atom. The molecule has 0 saturated heterocycles. The molecule has 1 aliphatic rings. The van der Waals surface area contributed by atoms with Crippen LogP contribution in [0.1, 0.15) is 56.1 Å². The average molecular weight is 381 g/mol. The number of hydrogen-bond donors (Lipinski definition) is 1. The summed E-state index contributed by atoms with van der Waals surface area (Å²) in [5, 5.41) is 3.02. The van der Waals surface area contributed by atoms with Gasteiger partial charge in [0.1, 0.15) is 0 Å². The van der Waals surface area contributed by atoms with Gasteiger partial charge in [-0.2, -0.15) is 0 Å². The zero-order valence-corrected chi connectivity index (χ0v) is 17.1.